The Morgan fingerprint density at radius 1 is 1.09 bits per heavy atom. The molecule has 0 radical (unpaired) electrons. The predicted octanol–water partition coefficient (Wildman–Crippen LogP) is 3.84. The van der Waals surface area contributed by atoms with E-state index in [1.807, 2.05) is 43.0 Å². The van der Waals surface area contributed by atoms with E-state index in [1.54, 1.807) is 7.11 Å². The summed E-state index contributed by atoms with van der Waals surface area (Å²) in [5.74, 6) is 1.07. The van der Waals surface area contributed by atoms with E-state index < -0.39 is 53.1 Å². The molecule has 2 fully saturated rings. The molecule has 2 saturated heterocycles. The summed E-state index contributed by atoms with van der Waals surface area (Å²) < 4.78 is 30.4. The van der Waals surface area contributed by atoms with Crippen LogP contribution in [0.15, 0.2) is 30.3 Å². The van der Waals surface area contributed by atoms with E-state index in [-0.39, 0.29) is 24.9 Å². The number of nitrogens with zero attached hydrogens (tertiary/aromatic N) is 1. The van der Waals surface area contributed by atoms with Crippen LogP contribution in [-0.4, -0.2) is 83.2 Å². The lowest BCUT2D eigenvalue weighted by Crippen LogP contribution is -2.69. The Labute approximate surface area is 309 Å². The smallest absolute Gasteiger partial charge is 0.333 e. The van der Waals surface area contributed by atoms with E-state index in [1.165, 1.54) is 18.7 Å². The number of phenolic OH excluding ortho intramolecular Hbond substituents is 1. The van der Waals surface area contributed by atoms with Gasteiger partial charge in [-0.2, -0.15) is 0 Å². The molecule has 0 aliphatic carbocycles. The molecule has 13 nitrogen and oxygen atoms in total. The van der Waals surface area contributed by atoms with Gasteiger partial charge in [-0.25, -0.2) is 4.79 Å². The second-order valence-corrected chi connectivity index (χ2v) is 16.0. The first-order valence-corrected chi connectivity index (χ1v) is 19.1. The number of carbonyl (C=O) groups is 2. The molecule has 11 rings (SSSR count). The zero-order valence-corrected chi connectivity index (χ0v) is 30.5. The van der Waals surface area contributed by atoms with Crippen molar-refractivity contribution in [3.8, 4) is 28.7 Å². The first-order chi connectivity index (χ1) is 25.6. The third-order valence-corrected chi connectivity index (χ3v) is 13.6. The number of rotatable bonds is 2. The van der Waals surface area contributed by atoms with Crippen molar-refractivity contribution >= 4 is 34.6 Å². The highest BCUT2D eigenvalue weighted by molar-refractivity contribution is 7.99. The quantitative estimate of drug-likeness (QED) is 0.149. The second-order valence-electron chi connectivity index (χ2n) is 14.8. The van der Waals surface area contributed by atoms with Gasteiger partial charge in [0.25, 0.3) is 0 Å². The van der Waals surface area contributed by atoms with Gasteiger partial charge in [0, 0.05) is 58.4 Å². The number of carbonyl (C=O) groups excluding carboxylic acids is 2. The number of piperazine rings is 1. The molecule has 3 aromatic carbocycles. The van der Waals surface area contributed by atoms with Crippen LogP contribution in [0.25, 0.3) is 10.9 Å². The maximum absolute atomic E-state index is 14.7. The Hall–Kier alpha value is -4.47. The molecule has 7 aliphatic heterocycles. The topological polar surface area (TPSA) is 164 Å². The van der Waals surface area contributed by atoms with Crippen molar-refractivity contribution in [3.63, 3.8) is 0 Å². The number of thioether (sulfide) groups is 1. The molecule has 0 saturated carbocycles. The number of aromatic hydroxyl groups is 1. The van der Waals surface area contributed by atoms with Gasteiger partial charge in [0.15, 0.2) is 28.5 Å². The molecule has 1 aromatic heterocycles. The van der Waals surface area contributed by atoms with E-state index in [0.717, 1.165) is 45.3 Å². The molecule has 7 aliphatic rings. The van der Waals surface area contributed by atoms with Gasteiger partial charge >= 0.3 is 11.9 Å². The van der Waals surface area contributed by atoms with Crippen molar-refractivity contribution < 1.29 is 43.5 Å². The van der Waals surface area contributed by atoms with Gasteiger partial charge in [-0.3, -0.25) is 15.0 Å². The van der Waals surface area contributed by atoms with Crippen molar-refractivity contribution in [2.24, 2.45) is 0 Å². The zero-order valence-electron chi connectivity index (χ0n) is 29.7. The van der Waals surface area contributed by atoms with Gasteiger partial charge in [-0.15, -0.1) is 11.8 Å². The van der Waals surface area contributed by atoms with E-state index in [0.29, 0.717) is 52.7 Å². The number of hydrogen-bond acceptors (Lipinski definition) is 13. The number of aliphatic hydroxyl groups is 1. The molecule has 4 aromatic rings. The highest BCUT2D eigenvalue weighted by atomic mass is 32.2. The SMILES string of the molecule is COc1c(C)cc2c(c1O)[C@H]1N[C@H](C2)[C@H](O)N2C1[C@@H]1SC[C@]3(NCCc4c3[nH]c3ccccc43)C(=O)OC[C@@H]2c2c3c(c(C)c(OC(C)=O)c21)OCO3. The van der Waals surface area contributed by atoms with Crippen molar-refractivity contribution in [2.45, 2.75) is 74.8 Å². The summed E-state index contributed by atoms with van der Waals surface area (Å²) in [6, 6.07) is 7.92. The summed E-state index contributed by atoms with van der Waals surface area (Å²) in [6.45, 7) is 5.51. The van der Waals surface area contributed by atoms with Crippen molar-refractivity contribution in [2.75, 3.05) is 32.8 Å². The summed E-state index contributed by atoms with van der Waals surface area (Å²) in [6.07, 6.45) is 0.166. The fourth-order valence-electron chi connectivity index (χ4n) is 10.0. The largest absolute Gasteiger partial charge is 0.504 e. The maximum Gasteiger partial charge on any atom is 0.333 e. The van der Waals surface area contributed by atoms with Crippen LogP contribution in [-0.2, 0) is 32.7 Å². The fraction of sp³-hybridized carbons (Fsp3) is 0.436. The lowest BCUT2D eigenvalue weighted by molar-refractivity contribution is -0.164. The molecule has 14 heteroatoms. The minimum Gasteiger partial charge on any atom is -0.504 e. The van der Waals surface area contributed by atoms with Crippen LogP contribution in [0.3, 0.4) is 0 Å². The van der Waals surface area contributed by atoms with Gasteiger partial charge in [-0.05, 0) is 49.4 Å². The molecule has 0 amide bonds. The number of aryl methyl sites for hydroxylation is 1. The number of ether oxygens (including phenoxy) is 5. The van der Waals surface area contributed by atoms with Crippen LogP contribution in [0.5, 0.6) is 28.7 Å². The van der Waals surface area contributed by atoms with Gasteiger partial charge in [-0.1, -0.05) is 24.3 Å². The first kappa shape index (κ1) is 33.1. The fourth-order valence-corrected chi connectivity index (χ4v) is 11.7. The third kappa shape index (κ3) is 4.47. The van der Waals surface area contributed by atoms with Crippen LogP contribution in [0.4, 0.5) is 0 Å². The van der Waals surface area contributed by atoms with Gasteiger partial charge in [0.05, 0.1) is 36.2 Å². The van der Waals surface area contributed by atoms with E-state index in [9.17, 15) is 19.8 Å². The number of esters is 2. The highest BCUT2D eigenvalue weighted by Gasteiger charge is 2.60. The number of aliphatic hydroxyl groups excluding tert-OH is 1. The van der Waals surface area contributed by atoms with Gasteiger partial charge < -0.3 is 44.2 Å². The number of H-pyrrole nitrogens is 1. The average molecular weight is 741 g/mol. The lowest BCUT2D eigenvalue weighted by atomic mass is 9.74. The number of methoxy groups -OCH3 is 1. The molecule has 1 unspecified atom stereocenters. The number of benzene rings is 3. The number of aromatic nitrogens is 1. The number of hydrogen-bond donors (Lipinski definition) is 5. The summed E-state index contributed by atoms with van der Waals surface area (Å²) in [7, 11) is 1.54. The Morgan fingerprint density at radius 2 is 1.91 bits per heavy atom. The average Bonchev–Trinajstić information content (AvgIpc) is 3.79. The van der Waals surface area contributed by atoms with Gasteiger partial charge in [0.2, 0.25) is 6.79 Å². The highest BCUT2D eigenvalue weighted by Crippen LogP contribution is 2.63. The molecule has 8 heterocycles. The molecule has 7 atom stereocenters. The van der Waals surface area contributed by atoms with Crippen LogP contribution >= 0.6 is 11.8 Å². The molecule has 5 N–H and O–H groups in total. The molecular formula is C39H40N4O9S. The Bertz CT molecular complexity index is 2260. The number of aromatic amines is 1. The van der Waals surface area contributed by atoms with Crippen molar-refractivity contribution in [1.29, 1.82) is 0 Å². The lowest BCUT2D eigenvalue weighted by Gasteiger charge is -2.59. The normalized spacial score (nSPS) is 29.6. The minimum atomic E-state index is -1.23. The van der Waals surface area contributed by atoms with Crippen LogP contribution in [0.1, 0.15) is 68.9 Å². The minimum absolute atomic E-state index is 0.0359. The molecule has 276 valence electrons. The molecule has 1 spiro atoms. The predicted molar refractivity (Wildman–Crippen MR) is 194 cm³/mol. The number of para-hydroxylation sites is 1. The van der Waals surface area contributed by atoms with Crippen molar-refractivity contribution in [3.05, 3.63) is 75.0 Å². The first-order valence-electron chi connectivity index (χ1n) is 18.0. The van der Waals surface area contributed by atoms with Gasteiger partial charge in [0.1, 0.15) is 18.6 Å². The maximum atomic E-state index is 14.7. The number of nitrogens with one attached hydrogen (secondary N) is 3. The zero-order chi connectivity index (χ0) is 36.5. The Balaban J connectivity index is 1.23. The van der Waals surface area contributed by atoms with E-state index in [4.69, 9.17) is 23.7 Å². The van der Waals surface area contributed by atoms with Crippen molar-refractivity contribution in [1.82, 2.24) is 20.5 Å². The molecule has 53 heavy (non-hydrogen) atoms. The third-order valence-electron chi connectivity index (χ3n) is 12.1. The Kier molecular flexibility index (Phi) is 7.35. The summed E-state index contributed by atoms with van der Waals surface area (Å²) >= 11 is 1.53. The molecular weight excluding hydrogens is 701 g/mol. The monoisotopic (exact) mass is 740 g/mol. The number of phenols is 1. The summed E-state index contributed by atoms with van der Waals surface area (Å²) in [5, 5.41) is 32.1. The summed E-state index contributed by atoms with van der Waals surface area (Å²) in [4.78, 5) is 33.2. The van der Waals surface area contributed by atoms with Crippen LogP contribution < -0.4 is 29.6 Å². The van der Waals surface area contributed by atoms with Crippen LogP contribution in [0, 0.1) is 13.8 Å². The second kappa shape index (κ2) is 11.8. The number of fused-ring (bicyclic) bond motifs is 11. The van der Waals surface area contributed by atoms with E-state index in [2.05, 4.69) is 21.7 Å². The van der Waals surface area contributed by atoms with E-state index >= 15 is 0 Å². The standard InChI is InChI=1S/C39H40N4O9S/c1-16-11-19-12-23-37(46)43-24-13-49-38(47)39(36-21(9-10-40-39)20-7-5-6-8-22(20)42-36)14-53-35(29(43)28(41-23)25(19)30(45)31(16)48-4)27-26(24)34-33(50-15-51-34)17(2)32(27)52-18(3)44/h5-8,11,23-24,28-29,35,37,40-42,45-46H,9-10,12-15H2,1-4H3/t23-,24-,28-,29?,35-,37+,39-/m1/s1. The molecule has 4 bridgehead atoms. The van der Waals surface area contributed by atoms with Crippen LogP contribution in [0.2, 0.25) is 0 Å². The summed E-state index contributed by atoms with van der Waals surface area (Å²) in [5.41, 5.74) is 5.98. The Morgan fingerprint density at radius 3 is 2.72 bits per heavy atom.